The first-order valence-corrected chi connectivity index (χ1v) is 7.18. The molecule has 0 aliphatic heterocycles. The highest BCUT2D eigenvalue weighted by Crippen LogP contribution is 2.29. The third-order valence-corrected chi connectivity index (χ3v) is 4.53. The molecular weight excluding hydrogens is 290 g/mol. The molecule has 0 aliphatic carbocycles. The minimum Gasteiger partial charge on any atom is -0.478 e. The molecule has 108 valence electrons. The summed E-state index contributed by atoms with van der Waals surface area (Å²) in [5.74, 6) is -1.02. The van der Waals surface area contributed by atoms with Gasteiger partial charge in [-0.3, -0.25) is 4.57 Å². The zero-order chi connectivity index (χ0) is 15.2. The van der Waals surface area contributed by atoms with Crippen molar-refractivity contribution in [3.05, 3.63) is 50.8 Å². The zero-order valence-corrected chi connectivity index (χ0v) is 12.3. The van der Waals surface area contributed by atoms with E-state index in [1.807, 2.05) is 19.2 Å². The molecule has 3 aromatic rings. The van der Waals surface area contributed by atoms with Crippen LogP contribution in [0.2, 0.25) is 0 Å². The van der Waals surface area contributed by atoms with Crippen LogP contribution in [0.15, 0.2) is 34.6 Å². The molecule has 0 saturated heterocycles. The van der Waals surface area contributed by atoms with Crippen LogP contribution in [0.1, 0.15) is 29.2 Å². The number of carboxylic acid groups (broad SMARTS) is 1. The Morgan fingerprint density at radius 1 is 1.43 bits per heavy atom. The fourth-order valence-electron chi connectivity index (χ4n) is 2.42. The molecular formula is C14H13N3O3S. The summed E-state index contributed by atoms with van der Waals surface area (Å²) in [6.45, 7) is 3.82. The second-order valence-electron chi connectivity index (χ2n) is 5.20. The Bertz CT molecular complexity index is 875. The number of thiazole rings is 1. The number of aromatic nitrogens is 3. The van der Waals surface area contributed by atoms with E-state index in [2.05, 4.69) is 9.97 Å². The molecule has 0 fully saturated rings. The molecule has 0 bridgehead atoms. The largest absolute Gasteiger partial charge is 0.478 e. The van der Waals surface area contributed by atoms with Crippen molar-refractivity contribution < 1.29 is 9.90 Å². The molecule has 21 heavy (non-hydrogen) atoms. The van der Waals surface area contributed by atoms with Gasteiger partial charge in [-0.25, -0.2) is 14.6 Å². The highest BCUT2D eigenvalue weighted by Gasteiger charge is 2.29. The number of fused-ring (bicyclic) bond motifs is 1. The number of imidazole rings is 1. The van der Waals surface area contributed by atoms with Gasteiger partial charge in [-0.15, -0.1) is 11.3 Å². The van der Waals surface area contributed by atoms with Gasteiger partial charge in [0, 0.05) is 11.6 Å². The summed E-state index contributed by atoms with van der Waals surface area (Å²) >= 11 is 1.47. The maximum atomic E-state index is 12.3. The smallest absolute Gasteiger partial charge is 0.335 e. The van der Waals surface area contributed by atoms with Crippen molar-refractivity contribution in [2.24, 2.45) is 0 Å². The zero-order valence-electron chi connectivity index (χ0n) is 11.5. The predicted molar refractivity (Wildman–Crippen MR) is 80.1 cm³/mol. The standard InChI is InChI=1S/C14H13N3O3S/c1-14(2,12-15-5-6-21-12)17-10-4-3-8(11(18)19)7-9(10)16-13(17)20/h3-7H,1-2H3,(H,16,20)(H,18,19). The summed E-state index contributed by atoms with van der Waals surface area (Å²) in [6.07, 6.45) is 1.70. The van der Waals surface area contributed by atoms with Gasteiger partial charge in [0.15, 0.2) is 0 Å². The molecule has 0 saturated carbocycles. The predicted octanol–water partition coefficient (Wildman–Crippen LogP) is 2.27. The topological polar surface area (TPSA) is 88.0 Å². The third kappa shape index (κ3) is 2.06. The lowest BCUT2D eigenvalue weighted by Gasteiger charge is -2.24. The van der Waals surface area contributed by atoms with E-state index < -0.39 is 11.5 Å². The molecule has 7 heteroatoms. The average molecular weight is 303 g/mol. The third-order valence-electron chi connectivity index (χ3n) is 3.44. The van der Waals surface area contributed by atoms with Crippen LogP contribution in [0.25, 0.3) is 11.0 Å². The van der Waals surface area contributed by atoms with E-state index in [1.165, 1.54) is 23.5 Å². The maximum Gasteiger partial charge on any atom is 0.335 e. The van der Waals surface area contributed by atoms with Crippen molar-refractivity contribution in [1.82, 2.24) is 14.5 Å². The number of benzene rings is 1. The van der Waals surface area contributed by atoms with Crippen molar-refractivity contribution in [2.75, 3.05) is 0 Å². The summed E-state index contributed by atoms with van der Waals surface area (Å²) in [4.78, 5) is 30.3. The van der Waals surface area contributed by atoms with E-state index in [4.69, 9.17) is 5.11 Å². The minimum absolute atomic E-state index is 0.142. The van der Waals surface area contributed by atoms with Crippen molar-refractivity contribution in [3.63, 3.8) is 0 Å². The Hall–Kier alpha value is -2.41. The lowest BCUT2D eigenvalue weighted by Crippen LogP contribution is -2.35. The summed E-state index contributed by atoms with van der Waals surface area (Å²) < 4.78 is 1.60. The molecule has 0 spiro atoms. The first kappa shape index (κ1) is 13.6. The van der Waals surface area contributed by atoms with E-state index >= 15 is 0 Å². The van der Waals surface area contributed by atoms with Crippen LogP contribution in [-0.2, 0) is 5.54 Å². The van der Waals surface area contributed by atoms with Gasteiger partial charge < -0.3 is 10.1 Å². The normalized spacial score (nSPS) is 11.9. The molecule has 1 aromatic carbocycles. The Morgan fingerprint density at radius 3 is 2.81 bits per heavy atom. The SMILES string of the molecule is CC(C)(c1nccs1)n1c(=O)[nH]c2cc(C(=O)O)ccc21. The molecule has 0 amide bonds. The number of carboxylic acids is 1. The molecule has 0 atom stereocenters. The molecule has 2 heterocycles. The Labute approximate surface area is 123 Å². The molecule has 3 rings (SSSR count). The van der Waals surface area contributed by atoms with Gasteiger partial charge in [-0.05, 0) is 32.0 Å². The number of hydrogen-bond acceptors (Lipinski definition) is 4. The fourth-order valence-corrected chi connectivity index (χ4v) is 3.17. The van der Waals surface area contributed by atoms with Crippen LogP contribution in [0.4, 0.5) is 0 Å². The van der Waals surface area contributed by atoms with Crippen molar-refractivity contribution in [3.8, 4) is 0 Å². The number of nitrogens with one attached hydrogen (secondary N) is 1. The highest BCUT2D eigenvalue weighted by molar-refractivity contribution is 7.09. The summed E-state index contributed by atoms with van der Waals surface area (Å²) in [7, 11) is 0. The lowest BCUT2D eigenvalue weighted by molar-refractivity contribution is 0.0697. The van der Waals surface area contributed by atoms with E-state index in [0.717, 1.165) is 5.01 Å². The van der Waals surface area contributed by atoms with Gasteiger partial charge in [0.25, 0.3) is 0 Å². The summed E-state index contributed by atoms with van der Waals surface area (Å²) in [5, 5.41) is 11.7. The molecule has 2 aromatic heterocycles. The van der Waals surface area contributed by atoms with E-state index in [1.54, 1.807) is 16.8 Å². The fraction of sp³-hybridized carbons (Fsp3) is 0.214. The van der Waals surface area contributed by atoms with Gasteiger partial charge in [-0.2, -0.15) is 0 Å². The summed E-state index contributed by atoms with van der Waals surface area (Å²) in [5.41, 5.74) is 0.402. The molecule has 6 nitrogen and oxygen atoms in total. The number of carbonyl (C=O) groups is 1. The quantitative estimate of drug-likeness (QED) is 0.777. The first-order valence-electron chi connectivity index (χ1n) is 6.30. The summed E-state index contributed by atoms with van der Waals surface area (Å²) in [6, 6.07) is 4.60. The Kier molecular flexibility index (Phi) is 2.94. The molecule has 0 unspecified atom stereocenters. The monoisotopic (exact) mass is 303 g/mol. The number of aromatic amines is 1. The number of nitrogens with zero attached hydrogens (tertiary/aromatic N) is 2. The van der Waals surface area contributed by atoms with Crippen LogP contribution in [0.5, 0.6) is 0 Å². The van der Waals surface area contributed by atoms with Gasteiger partial charge in [0.2, 0.25) is 0 Å². The van der Waals surface area contributed by atoms with E-state index in [-0.39, 0.29) is 11.3 Å². The lowest BCUT2D eigenvalue weighted by atomic mass is 10.1. The van der Waals surface area contributed by atoms with E-state index in [0.29, 0.717) is 11.0 Å². The number of H-pyrrole nitrogens is 1. The average Bonchev–Trinajstić information content (AvgIpc) is 3.04. The minimum atomic E-state index is -1.02. The Balaban J connectivity index is 2.26. The maximum absolute atomic E-state index is 12.3. The van der Waals surface area contributed by atoms with E-state index in [9.17, 15) is 9.59 Å². The Morgan fingerprint density at radius 2 is 2.19 bits per heavy atom. The van der Waals surface area contributed by atoms with Crippen LogP contribution in [-0.4, -0.2) is 25.6 Å². The number of hydrogen-bond donors (Lipinski definition) is 2. The highest BCUT2D eigenvalue weighted by atomic mass is 32.1. The van der Waals surface area contributed by atoms with Gasteiger partial charge >= 0.3 is 11.7 Å². The van der Waals surface area contributed by atoms with Crippen molar-refractivity contribution >= 4 is 28.3 Å². The van der Waals surface area contributed by atoms with Gasteiger partial charge in [0.05, 0.1) is 22.1 Å². The van der Waals surface area contributed by atoms with Gasteiger partial charge in [-0.1, -0.05) is 0 Å². The van der Waals surface area contributed by atoms with Crippen LogP contribution < -0.4 is 5.69 Å². The van der Waals surface area contributed by atoms with Gasteiger partial charge in [0.1, 0.15) is 5.01 Å². The van der Waals surface area contributed by atoms with Crippen molar-refractivity contribution in [1.29, 1.82) is 0 Å². The molecule has 0 aliphatic rings. The number of rotatable bonds is 3. The number of aromatic carboxylic acids is 1. The van der Waals surface area contributed by atoms with Crippen LogP contribution in [0, 0.1) is 0 Å². The van der Waals surface area contributed by atoms with Crippen LogP contribution >= 0.6 is 11.3 Å². The molecule has 2 N–H and O–H groups in total. The second kappa shape index (κ2) is 4.56. The van der Waals surface area contributed by atoms with Crippen molar-refractivity contribution in [2.45, 2.75) is 19.4 Å². The van der Waals surface area contributed by atoms with Crippen LogP contribution in [0.3, 0.4) is 0 Å². The molecule has 0 radical (unpaired) electrons. The second-order valence-corrected chi connectivity index (χ2v) is 6.09. The first-order chi connectivity index (χ1) is 9.91.